The maximum absolute atomic E-state index is 12.1. The molecule has 0 saturated carbocycles. The first kappa shape index (κ1) is 19.3. The Morgan fingerprint density at radius 2 is 1.86 bits per heavy atom. The Morgan fingerprint density at radius 3 is 2.57 bits per heavy atom. The molecule has 2 aliphatic rings. The van der Waals surface area contributed by atoms with E-state index in [1.54, 1.807) is 18.9 Å². The summed E-state index contributed by atoms with van der Waals surface area (Å²) in [6.45, 7) is 0. The van der Waals surface area contributed by atoms with Gasteiger partial charge in [0.2, 0.25) is 0 Å². The predicted octanol–water partition coefficient (Wildman–Crippen LogP) is 3.40. The number of amidine groups is 1. The minimum atomic E-state index is -3.03. The number of fused-ring (bicyclic) bond motifs is 1. The van der Waals surface area contributed by atoms with Crippen LogP contribution in [0.25, 0.3) is 0 Å². The third kappa shape index (κ3) is 4.20. The van der Waals surface area contributed by atoms with Crippen molar-refractivity contribution < 1.29 is 13.2 Å². The first-order chi connectivity index (χ1) is 13.6. The van der Waals surface area contributed by atoms with Crippen LogP contribution in [0.5, 0.6) is 5.75 Å². The third-order valence-corrected chi connectivity index (χ3v) is 7.89. The molecule has 4 rings (SSSR count). The summed E-state index contributed by atoms with van der Waals surface area (Å²) >= 11 is 1.72. The normalized spacial score (nSPS) is 22.8. The van der Waals surface area contributed by atoms with Crippen molar-refractivity contribution in [2.45, 2.75) is 24.9 Å². The second-order valence-corrected chi connectivity index (χ2v) is 10.3. The molecule has 0 N–H and O–H groups in total. The highest BCUT2D eigenvalue weighted by Crippen LogP contribution is 2.35. The monoisotopic (exact) mass is 416 g/mol. The molecule has 148 valence electrons. The van der Waals surface area contributed by atoms with Crippen LogP contribution in [0, 0.1) is 0 Å². The first-order valence-corrected chi connectivity index (χ1v) is 12.2. The molecule has 7 heteroatoms. The lowest BCUT2D eigenvalue weighted by atomic mass is 10.1. The predicted molar refractivity (Wildman–Crippen MR) is 116 cm³/mol. The van der Waals surface area contributed by atoms with Gasteiger partial charge >= 0.3 is 0 Å². The Kier molecular flexibility index (Phi) is 5.64. The number of hydrogen-bond acceptors (Lipinski definition) is 6. The molecule has 0 radical (unpaired) electrons. The molecule has 2 aromatic rings. The summed E-state index contributed by atoms with van der Waals surface area (Å²) in [5, 5.41) is 0.933. The van der Waals surface area contributed by atoms with Gasteiger partial charge in [-0.2, -0.15) is 0 Å². The summed E-state index contributed by atoms with van der Waals surface area (Å²) in [4.78, 5) is 6.90. The van der Waals surface area contributed by atoms with E-state index in [2.05, 4.69) is 29.2 Å². The zero-order chi connectivity index (χ0) is 19.6. The fourth-order valence-corrected chi connectivity index (χ4v) is 6.67. The summed E-state index contributed by atoms with van der Waals surface area (Å²) in [5.41, 5.74) is 2.31. The molecule has 2 aromatic carbocycles. The quantitative estimate of drug-likeness (QED) is 0.676. The molecule has 0 unspecified atom stereocenters. The van der Waals surface area contributed by atoms with Gasteiger partial charge in [0.05, 0.1) is 30.7 Å². The Morgan fingerprint density at radius 1 is 1.11 bits per heavy atom. The Hall–Kier alpha value is -1.99. The van der Waals surface area contributed by atoms with Crippen molar-refractivity contribution in [1.29, 1.82) is 0 Å². The van der Waals surface area contributed by atoms with Crippen LogP contribution in [0.4, 0.5) is 5.69 Å². The van der Waals surface area contributed by atoms with Gasteiger partial charge in [0.25, 0.3) is 0 Å². The number of thioether (sulfide) groups is 1. The van der Waals surface area contributed by atoms with E-state index < -0.39 is 9.84 Å². The van der Waals surface area contributed by atoms with E-state index in [1.807, 2.05) is 30.3 Å². The summed E-state index contributed by atoms with van der Waals surface area (Å²) in [5.74, 6) is 2.05. The summed E-state index contributed by atoms with van der Waals surface area (Å²) < 4.78 is 29.5. The number of methoxy groups -OCH3 is 1. The number of aryl methyl sites for hydroxylation is 1. The SMILES string of the molecule is COc1ccc(N2C(SCCCc3ccccc3)=N[C@@H]3CS(=O)(=O)C[C@@H]32)cc1. The van der Waals surface area contributed by atoms with Gasteiger partial charge in [-0.3, -0.25) is 4.99 Å². The number of aliphatic imine (C=N–C) groups is 1. The highest BCUT2D eigenvalue weighted by Gasteiger charge is 2.47. The van der Waals surface area contributed by atoms with Crippen molar-refractivity contribution in [2.24, 2.45) is 4.99 Å². The standard InChI is InChI=1S/C21H24N2O3S2/c1-26-18-11-9-17(10-12-18)23-20-15-28(24,25)14-19(20)22-21(23)27-13-5-8-16-6-3-2-4-7-16/h2-4,6-7,9-12,19-20H,5,8,13-15H2,1H3/t19-,20+/m1/s1. The van der Waals surface area contributed by atoms with E-state index >= 15 is 0 Å². The van der Waals surface area contributed by atoms with Crippen LogP contribution >= 0.6 is 11.8 Å². The Balaban J connectivity index is 1.47. The zero-order valence-corrected chi connectivity index (χ0v) is 17.5. The molecule has 0 aromatic heterocycles. The van der Waals surface area contributed by atoms with E-state index in [1.165, 1.54) is 5.56 Å². The maximum atomic E-state index is 12.1. The first-order valence-electron chi connectivity index (χ1n) is 9.44. The molecule has 0 amide bonds. The molecular formula is C21H24N2O3S2. The molecule has 28 heavy (non-hydrogen) atoms. The lowest BCUT2D eigenvalue weighted by Crippen LogP contribution is -2.39. The van der Waals surface area contributed by atoms with Gasteiger partial charge in [-0.25, -0.2) is 8.42 Å². The zero-order valence-electron chi connectivity index (χ0n) is 15.8. The van der Waals surface area contributed by atoms with Crippen molar-refractivity contribution in [1.82, 2.24) is 0 Å². The lowest BCUT2D eigenvalue weighted by molar-refractivity contribution is 0.415. The summed E-state index contributed by atoms with van der Waals surface area (Å²) in [7, 11) is -1.39. The number of nitrogens with zero attached hydrogens (tertiary/aromatic N) is 2. The van der Waals surface area contributed by atoms with Crippen molar-refractivity contribution in [3.63, 3.8) is 0 Å². The Labute approximate surface area is 170 Å². The van der Waals surface area contributed by atoms with Crippen molar-refractivity contribution in [3.8, 4) is 5.75 Å². The topological polar surface area (TPSA) is 59.0 Å². The van der Waals surface area contributed by atoms with Gasteiger partial charge in [0, 0.05) is 11.4 Å². The lowest BCUT2D eigenvalue weighted by Gasteiger charge is -2.26. The number of ether oxygens (including phenoxy) is 1. The minimum Gasteiger partial charge on any atom is -0.497 e. The smallest absolute Gasteiger partial charge is 0.164 e. The molecule has 1 saturated heterocycles. The van der Waals surface area contributed by atoms with E-state index in [0.717, 1.165) is 35.2 Å². The molecular weight excluding hydrogens is 392 g/mol. The molecule has 1 fully saturated rings. The average molecular weight is 417 g/mol. The van der Waals surface area contributed by atoms with Gasteiger partial charge in [0.15, 0.2) is 15.0 Å². The van der Waals surface area contributed by atoms with Crippen molar-refractivity contribution in [3.05, 3.63) is 60.2 Å². The van der Waals surface area contributed by atoms with Crippen molar-refractivity contribution >= 4 is 32.5 Å². The van der Waals surface area contributed by atoms with Gasteiger partial charge in [-0.15, -0.1) is 0 Å². The van der Waals surface area contributed by atoms with Crippen LogP contribution in [-0.4, -0.2) is 50.0 Å². The number of rotatable bonds is 6. The average Bonchev–Trinajstić information content (AvgIpc) is 3.17. The second-order valence-electron chi connectivity index (χ2n) is 7.13. The molecule has 0 bridgehead atoms. The molecule has 5 nitrogen and oxygen atoms in total. The van der Waals surface area contributed by atoms with E-state index in [9.17, 15) is 8.42 Å². The maximum Gasteiger partial charge on any atom is 0.164 e. The van der Waals surface area contributed by atoms with Crippen LogP contribution < -0.4 is 9.64 Å². The van der Waals surface area contributed by atoms with Gasteiger partial charge < -0.3 is 9.64 Å². The van der Waals surface area contributed by atoms with Crippen LogP contribution in [-0.2, 0) is 16.3 Å². The second kappa shape index (κ2) is 8.17. The molecule has 2 atom stereocenters. The van der Waals surface area contributed by atoms with Crippen molar-refractivity contribution in [2.75, 3.05) is 29.3 Å². The molecule has 0 aliphatic carbocycles. The molecule has 2 heterocycles. The third-order valence-electron chi connectivity index (χ3n) is 5.14. The fourth-order valence-electron chi connectivity index (χ4n) is 3.76. The van der Waals surface area contributed by atoms with Crippen LogP contribution in [0.3, 0.4) is 0 Å². The highest BCUT2D eigenvalue weighted by molar-refractivity contribution is 8.14. The Bertz CT molecular complexity index is 943. The number of anilines is 1. The van der Waals surface area contributed by atoms with E-state index in [4.69, 9.17) is 9.73 Å². The number of hydrogen-bond donors (Lipinski definition) is 0. The molecule has 0 spiro atoms. The van der Waals surface area contributed by atoms with Gasteiger partial charge in [0.1, 0.15) is 5.75 Å². The van der Waals surface area contributed by atoms with Gasteiger partial charge in [-0.05, 0) is 42.7 Å². The summed E-state index contributed by atoms with van der Waals surface area (Å²) in [6, 6.07) is 18.0. The van der Waals surface area contributed by atoms with Gasteiger partial charge in [-0.1, -0.05) is 42.1 Å². The van der Waals surface area contributed by atoms with E-state index in [0.29, 0.717) is 0 Å². The number of benzene rings is 2. The highest BCUT2D eigenvalue weighted by atomic mass is 32.2. The fraction of sp³-hybridized carbons (Fsp3) is 0.381. The van der Waals surface area contributed by atoms with Crippen LogP contribution in [0.15, 0.2) is 59.6 Å². The summed E-state index contributed by atoms with van der Waals surface area (Å²) in [6.07, 6.45) is 2.09. The largest absolute Gasteiger partial charge is 0.497 e. The van der Waals surface area contributed by atoms with Crippen LogP contribution in [0.2, 0.25) is 0 Å². The molecule has 2 aliphatic heterocycles. The van der Waals surface area contributed by atoms with E-state index in [-0.39, 0.29) is 23.6 Å². The van der Waals surface area contributed by atoms with Crippen LogP contribution in [0.1, 0.15) is 12.0 Å². The number of sulfone groups is 1. The minimum absolute atomic E-state index is 0.102.